The molecule has 0 aliphatic rings. The Morgan fingerprint density at radius 3 is 2.35 bits per heavy atom. The summed E-state index contributed by atoms with van der Waals surface area (Å²) in [6.45, 7) is 5.01. The quantitative estimate of drug-likeness (QED) is 0.770. The minimum absolute atomic E-state index is 0.0312. The summed E-state index contributed by atoms with van der Waals surface area (Å²) in [5, 5.41) is 3.07. The molecule has 0 fully saturated rings. The highest BCUT2D eigenvalue weighted by Crippen LogP contribution is 2.20. The molecule has 17 heavy (non-hydrogen) atoms. The Morgan fingerprint density at radius 2 is 1.82 bits per heavy atom. The van der Waals surface area contributed by atoms with Crippen LogP contribution < -0.4 is 5.32 Å². The van der Waals surface area contributed by atoms with Gasteiger partial charge in [-0.1, -0.05) is 19.9 Å². The van der Waals surface area contributed by atoms with Gasteiger partial charge in [0.25, 0.3) is 0 Å². The van der Waals surface area contributed by atoms with Gasteiger partial charge < -0.3 is 5.32 Å². The highest BCUT2D eigenvalue weighted by molar-refractivity contribution is 6.17. The lowest BCUT2D eigenvalue weighted by Crippen LogP contribution is -2.30. The lowest BCUT2D eigenvalue weighted by atomic mass is 9.90. The number of hydrogen-bond donors (Lipinski definition) is 1. The summed E-state index contributed by atoms with van der Waals surface area (Å²) < 4.78 is 26.6. The molecule has 0 bridgehead atoms. The van der Waals surface area contributed by atoms with E-state index in [9.17, 15) is 8.78 Å². The Bertz CT molecular complexity index is 346. The molecule has 1 aromatic rings. The van der Waals surface area contributed by atoms with Gasteiger partial charge in [0, 0.05) is 24.5 Å². The number of benzene rings is 1. The van der Waals surface area contributed by atoms with Gasteiger partial charge in [0.2, 0.25) is 0 Å². The van der Waals surface area contributed by atoms with Crippen LogP contribution in [-0.2, 0) is 6.54 Å². The van der Waals surface area contributed by atoms with Crippen molar-refractivity contribution < 1.29 is 8.78 Å². The minimum atomic E-state index is -0.507. The van der Waals surface area contributed by atoms with Crippen molar-refractivity contribution in [3.05, 3.63) is 35.4 Å². The third-order valence-corrected chi connectivity index (χ3v) is 2.93. The Labute approximate surface area is 106 Å². The van der Waals surface area contributed by atoms with Gasteiger partial charge in [-0.15, -0.1) is 11.6 Å². The van der Waals surface area contributed by atoms with E-state index in [-0.39, 0.29) is 17.5 Å². The molecule has 0 atom stereocenters. The number of alkyl halides is 1. The molecular weight excluding hydrogens is 244 g/mol. The number of nitrogens with one attached hydrogen (secondary N) is 1. The highest BCUT2D eigenvalue weighted by atomic mass is 35.5. The van der Waals surface area contributed by atoms with Crippen molar-refractivity contribution >= 4 is 11.6 Å². The van der Waals surface area contributed by atoms with Crippen molar-refractivity contribution in [3.8, 4) is 0 Å². The Balaban J connectivity index is 2.51. The Hall–Kier alpha value is -0.670. The van der Waals surface area contributed by atoms with E-state index >= 15 is 0 Å². The third kappa shape index (κ3) is 4.60. The number of hydrogen-bond acceptors (Lipinski definition) is 1. The molecule has 0 radical (unpaired) electrons. The van der Waals surface area contributed by atoms with Crippen molar-refractivity contribution in [2.75, 3.05) is 12.4 Å². The van der Waals surface area contributed by atoms with Crippen LogP contribution in [0.3, 0.4) is 0 Å². The maximum atomic E-state index is 13.3. The smallest absolute Gasteiger partial charge is 0.130 e. The molecule has 0 spiro atoms. The monoisotopic (exact) mass is 261 g/mol. The molecule has 1 aromatic carbocycles. The van der Waals surface area contributed by atoms with E-state index in [0.29, 0.717) is 12.4 Å². The maximum Gasteiger partial charge on any atom is 0.130 e. The number of halogens is 3. The summed E-state index contributed by atoms with van der Waals surface area (Å²) in [7, 11) is 0. The summed E-state index contributed by atoms with van der Waals surface area (Å²) >= 11 is 5.68. The highest BCUT2D eigenvalue weighted by Gasteiger charge is 2.17. The van der Waals surface area contributed by atoms with Crippen LogP contribution in [0.2, 0.25) is 0 Å². The summed E-state index contributed by atoms with van der Waals surface area (Å²) in [6, 6.07) is 3.90. The van der Waals surface area contributed by atoms with Gasteiger partial charge in [0.1, 0.15) is 11.6 Å². The average Bonchev–Trinajstić information content (AvgIpc) is 2.22. The molecular formula is C13H18ClF2N. The summed E-state index contributed by atoms with van der Waals surface area (Å²) in [5.74, 6) is -0.428. The number of rotatable bonds is 6. The summed E-state index contributed by atoms with van der Waals surface area (Å²) in [4.78, 5) is 0. The topological polar surface area (TPSA) is 12.0 Å². The molecule has 0 saturated heterocycles. The van der Waals surface area contributed by atoms with E-state index in [2.05, 4.69) is 19.2 Å². The second-order valence-corrected chi connectivity index (χ2v) is 5.28. The maximum absolute atomic E-state index is 13.3. The van der Waals surface area contributed by atoms with Gasteiger partial charge in [-0.05, 0) is 24.0 Å². The molecule has 0 saturated carbocycles. The van der Waals surface area contributed by atoms with Crippen molar-refractivity contribution in [2.24, 2.45) is 5.41 Å². The van der Waals surface area contributed by atoms with Crippen LogP contribution in [0.25, 0.3) is 0 Å². The molecule has 4 heteroatoms. The van der Waals surface area contributed by atoms with Crippen LogP contribution in [0, 0.1) is 17.0 Å². The molecule has 0 aliphatic carbocycles. The van der Waals surface area contributed by atoms with Crippen LogP contribution in [-0.4, -0.2) is 12.4 Å². The van der Waals surface area contributed by atoms with Crippen LogP contribution >= 0.6 is 11.6 Å². The van der Waals surface area contributed by atoms with Crippen molar-refractivity contribution in [2.45, 2.75) is 26.8 Å². The molecule has 0 aliphatic heterocycles. The Kier molecular flexibility index (Phi) is 5.34. The van der Waals surface area contributed by atoms with E-state index in [0.717, 1.165) is 6.42 Å². The van der Waals surface area contributed by atoms with Crippen LogP contribution in [0.1, 0.15) is 25.8 Å². The second kappa shape index (κ2) is 6.31. The Morgan fingerprint density at radius 1 is 1.24 bits per heavy atom. The first-order valence-electron chi connectivity index (χ1n) is 5.66. The molecule has 0 aromatic heterocycles. The standard InChI is InChI=1S/C13H18ClF2N/c1-13(2,6-7-14)9-17-8-10-11(15)4-3-5-12(10)16/h3-5,17H,6-9H2,1-2H3. The molecule has 0 amide bonds. The summed E-state index contributed by atoms with van der Waals surface area (Å²) in [6.07, 6.45) is 0.862. The first kappa shape index (κ1) is 14.4. The van der Waals surface area contributed by atoms with Crippen molar-refractivity contribution in [1.29, 1.82) is 0 Å². The largest absolute Gasteiger partial charge is 0.312 e. The van der Waals surface area contributed by atoms with E-state index < -0.39 is 11.6 Å². The molecule has 1 rings (SSSR count). The molecule has 0 unspecified atom stereocenters. The van der Waals surface area contributed by atoms with E-state index in [4.69, 9.17) is 11.6 Å². The SMILES string of the molecule is CC(C)(CCCl)CNCc1c(F)cccc1F. The first-order chi connectivity index (χ1) is 7.96. The third-order valence-electron chi connectivity index (χ3n) is 2.74. The van der Waals surface area contributed by atoms with Gasteiger partial charge in [-0.25, -0.2) is 8.78 Å². The molecule has 1 nitrogen and oxygen atoms in total. The fourth-order valence-electron chi connectivity index (χ4n) is 1.57. The fraction of sp³-hybridized carbons (Fsp3) is 0.538. The molecule has 0 heterocycles. The summed E-state index contributed by atoms with van der Waals surface area (Å²) in [5.41, 5.74) is 0.123. The van der Waals surface area contributed by atoms with Crippen LogP contribution in [0.4, 0.5) is 8.78 Å². The van der Waals surface area contributed by atoms with Crippen molar-refractivity contribution in [3.63, 3.8) is 0 Å². The van der Waals surface area contributed by atoms with Gasteiger partial charge in [0.05, 0.1) is 0 Å². The van der Waals surface area contributed by atoms with Gasteiger partial charge in [-0.2, -0.15) is 0 Å². The lowest BCUT2D eigenvalue weighted by Gasteiger charge is -2.24. The first-order valence-corrected chi connectivity index (χ1v) is 6.19. The molecule has 1 N–H and O–H groups in total. The van der Waals surface area contributed by atoms with E-state index in [1.54, 1.807) is 0 Å². The zero-order valence-corrected chi connectivity index (χ0v) is 11.0. The van der Waals surface area contributed by atoms with E-state index in [1.807, 2.05) is 0 Å². The average molecular weight is 262 g/mol. The van der Waals surface area contributed by atoms with Crippen LogP contribution in [0.15, 0.2) is 18.2 Å². The van der Waals surface area contributed by atoms with Crippen LogP contribution in [0.5, 0.6) is 0 Å². The normalized spacial score (nSPS) is 11.8. The van der Waals surface area contributed by atoms with Crippen molar-refractivity contribution in [1.82, 2.24) is 5.32 Å². The zero-order valence-electron chi connectivity index (χ0n) is 10.2. The fourth-order valence-corrected chi connectivity index (χ4v) is 2.08. The van der Waals surface area contributed by atoms with Gasteiger partial charge in [0.15, 0.2) is 0 Å². The predicted molar refractivity (Wildman–Crippen MR) is 67.2 cm³/mol. The lowest BCUT2D eigenvalue weighted by molar-refractivity contribution is 0.327. The van der Waals surface area contributed by atoms with Gasteiger partial charge in [-0.3, -0.25) is 0 Å². The molecule has 96 valence electrons. The minimum Gasteiger partial charge on any atom is -0.312 e. The second-order valence-electron chi connectivity index (χ2n) is 4.91. The predicted octanol–water partition coefficient (Wildman–Crippen LogP) is 3.71. The van der Waals surface area contributed by atoms with E-state index in [1.165, 1.54) is 18.2 Å². The van der Waals surface area contributed by atoms with Gasteiger partial charge >= 0.3 is 0 Å². The zero-order chi connectivity index (χ0) is 12.9.